The van der Waals surface area contributed by atoms with Gasteiger partial charge in [0.2, 0.25) is 13.6 Å². The van der Waals surface area contributed by atoms with Gasteiger partial charge in [0.25, 0.3) is 0 Å². The van der Waals surface area contributed by atoms with Crippen LogP contribution in [-0.2, 0) is 0 Å². The first kappa shape index (κ1) is 32.9. The number of rotatable bonds is 6. The molecule has 13 rings (SSSR count). The quantitative estimate of drug-likeness (QED) is 0.165. The van der Waals surface area contributed by atoms with E-state index in [1.807, 2.05) is 36.4 Å². The Morgan fingerprint density at radius 3 is 1.13 bits per heavy atom. The Hall–Kier alpha value is -8.10. The monoisotopic (exact) mass is 780 g/mol. The molecule has 0 amide bonds. The largest absolute Gasteiger partial charge is 0.456 e. The summed E-state index contributed by atoms with van der Waals surface area (Å²) in [5, 5.41) is 8.50. The van der Waals surface area contributed by atoms with Gasteiger partial charge in [-0.2, -0.15) is 0 Å². The second-order valence-corrected chi connectivity index (χ2v) is 15.2. The van der Waals surface area contributed by atoms with Crippen molar-refractivity contribution in [3.63, 3.8) is 0 Å². The third kappa shape index (κ3) is 5.17. The number of fused-ring (bicyclic) bond motifs is 10. The first-order chi connectivity index (χ1) is 29.7. The van der Waals surface area contributed by atoms with Gasteiger partial charge in [-0.15, -0.1) is 0 Å². The number of anilines is 6. The van der Waals surface area contributed by atoms with E-state index in [0.717, 1.165) is 123 Å². The van der Waals surface area contributed by atoms with E-state index in [0.29, 0.717) is 0 Å². The fourth-order valence-corrected chi connectivity index (χ4v) is 8.88. The summed E-state index contributed by atoms with van der Waals surface area (Å²) in [6.07, 6.45) is 0. The predicted molar refractivity (Wildman–Crippen MR) is 238 cm³/mol. The van der Waals surface area contributed by atoms with E-state index in [1.54, 1.807) is 0 Å². The van der Waals surface area contributed by atoms with E-state index in [2.05, 4.69) is 143 Å². The number of hydrogen-bond donors (Lipinski definition) is 0. The third-order valence-corrected chi connectivity index (χ3v) is 11.7. The van der Waals surface area contributed by atoms with Crippen LogP contribution in [0.4, 0.5) is 34.1 Å². The maximum Gasteiger partial charge on any atom is 0.231 e. The van der Waals surface area contributed by atoms with Crippen LogP contribution < -0.4 is 28.7 Å². The van der Waals surface area contributed by atoms with E-state index < -0.39 is 0 Å². The molecule has 2 aliphatic heterocycles. The molecular formula is C52H32N2O6. The molecule has 0 atom stereocenters. The molecule has 60 heavy (non-hydrogen) atoms. The Morgan fingerprint density at radius 1 is 0.283 bits per heavy atom. The standard InChI is InChI=1S/C52H32N2O6/c1-3-7-35(8-4-1)53(39-15-17-45-51(25-39)57-29-55-45)37-13-11-31-21-41-43-27-50-44(28-49(43)59-47(41)23-33(31)19-37)42-22-32-12-14-38(20-34(32)24-48(42)60-50)54(36-9-5-2-6-10-36)40-16-18-46-52(26-40)58-30-56-46/h1-28H,29-30H2. The molecule has 8 heteroatoms. The molecule has 0 bridgehead atoms. The zero-order valence-electron chi connectivity index (χ0n) is 31.9. The van der Waals surface area contributed by atoms with E-state index in [9.17, 15) is 0 Å². The molecule has 0 N–H and O–H groups in total. The van der Waals surface area contributed by atoms with Crippen LogP contribution in [0.25, 0.3) is 65.4 Å². The fourth-order valence-electron chi connectivity index (χ4n) is 8.88. The van der Waals surface area contributed by atoms with E-state index in [-0.39, 0.29) is 13.6 Å². The van der Waals surface area contributed by atoms with Gasteiger partial charge in [-0.05, 0) is 131 Å². The molecule has 0 spiro atoms. The molecule has 0 radical (unpaired) electrons. The van der Waals surface area contributed by atoms with Gasteiger partial charge >= 0.3 is 0 Å². The summed E-state index contributed by atoms with van der Waals surface area (Å²) in [5.74, 6) is 2.99. The molecule has 0 fully saturated rings. The number of furan rings is 2. The van der Waals surface area contributed by atoms with Gasteiger partial charge in [-0.25, -0.2) is 0 Å². The SMILES string of the molecule is c1ccc(N(c2ccc3c(c2)OCO3)c2ccc3cc4c(cc3c2)oc2cc3c(cc24)oc2cc4cc(N(c5ccccc5)c5ccc6c(c5)OCO6)ccc4cc23)cc1. The molecule has 0 saturated carbocycles. The Labute approximate surface area is 342 Å². The van der Waals surface area contributed by atoms with Crippen molar-refractivity contribution in [3.05, 3.63) is 170 Å². The minimum atomic E-state index is 0.228. The highest BCUT2D eigenvalue weighted by Crippen LogP contribution is 2.45. The first-order valence-corrected chi connectivity index (χ1v) is 19.9. The summed E-state index contributed by atoms with van der Waals surface area (Å²) in [4.78, 5) is 4.46. The molecule has 4 heterocycles. The molecule has 0 aliphatic carbocycles. The Bertz CT molecular complexity index is 3290. The third-order valence-electron chi connectivity index (χ3n) is 11.7. The molecule has 0 saturated heterocycles. The van der Waals surface area contributed by atoms with Crippen LogP contribution >= 0.6 is 0 Å². The minimum absolute atomic E-state index is 0.228. The maximum atomic E-state index is 6.64. The number of para-hydroxylation sites is 2. The van der Waals surface area contributed by atoms with Crippen LogP contribution in [0, 0.1) is 0 Å². The van der Waals surface area contributed by atoms with E-state index in [4.69, 9.17) is 27.8 Å². The smallest absolute Gasteiger partial charge is 0.231 e. The van der Waals surface area contributed by atoms with Crippen LogP contribution in [0.5, 0.6) is 23.0 Å². The van der Waals surface area contributed by atoms with Crippen molar-refractivity contribution < 1.29 is 27.8 Å². The van der Waals surface area contributed by atoms with Crippen LogP contribution in [-0.4, -0.2) is 13.6 Å². The molecule has 11 aromatic rings. The van der Waals surface area contributed by atoms with Crippen molar-refractivity contribution in [1.29, 1.82) is 0 Å². The topological polar surface area (TPSA) is 69.7 Å². The zero-order chi connectivity index (χ0) is 39.3. The second-order valence-electron chi connectivity index (χ2n) is 15.2. The Kier molecular flexibility index (Phi) is 6.97. The second kappa shape index (κ2) is 12.7. The van der Waals surface area contributed by atoms with Gasteiger partial charge in [0.15, 0.2) is 23.0 Å². The molecule has 0 unspecified atom stereocenters. The lowest BCUT2D eigenvalue weighted by molar-refractivity contribution is 0.173. The van der Waals surface area contributed by atoms with Gasteiger partial charge < -0.3 is 37.6 Å². The van der Waals surface area contributed by atoms with Crippen LogP contribution in [0.1, 0.15) is 0 Å². The van der Waals surface area contributed by atoms with Crippen molar-refractivity contribution in [1.82, 2.24) is 0 Å². The maximum absolute atomic E-state index is 6.64. The number of ether oxygens (including phenoxy) is 4. The number of hydrogen-bond acceptors (Lipinski definition) is 8. The minimum Gasteiger partial charge on any atom is -0.456 e. The van der Waals surface area contributed by atoms with Crippen LogP contribution in [0.15, 0.2) is 179 Å². The van der Waals surface area contributed by atoms with Crippen molar-refractivity contribution in [2.75, 3.05) is 23.4 Å². The highest BCUT2D eigenvalue weighted by atomic mass is 16.7. The van der Waals surface area contributed by atoms with E-state index in [1.165, 1.54) is 0 Å². The van der Waals surface area contributed by atoms with Gasteiger partial charge in [0.05, 0.1) is 11.4 Å². The Balaban J connectivity index is 0.896. The van der Waals surface area contributed by atoms with Gasteiger partial charge in [0, 0.05) is 56.4 Å². The molecule has 9 aromatic carbocycles. The highest BCUT2D eigenvalue weighted by Gasteiger charge is 2.22. The van der Waals surface area contributed by atoms with Crippen LogP contribution in [0.3, 0.4) is 0 Å². The summed E-state index contributed by atoms with van der Waals surface area (Å²) in [6.45, 7) is 0.457. The number of benzene rings is 9. The predicted octanol–water partition coefficient (Wildman–Crippen LogP) is 14.2. The summed E-state index contributed by atoms with van der Waals surface area (Å²) >= 11 is 0. The molecular weight excluding hydrogens is 749 g/mol. The molecule has 8 nitrogen and oxygen atoms in total. The first-order valence-electron chi connectivity index (χ1n) is 19.9. The van der Waals surface area contributed by atoms with Crippen molar-refractivity contribution in [2.24, 2.45) is 0 Å². The summed E-state index contributed by atoms with van der Waals surface area (Å²) in [5.41, 5.74) is 9.37. The van der Waals surface area contributed by atoms with Crippen molar-refractivity contribution in [2.45, 2.75) is 0 Å². The fraction of sp³-hybridized carbons (Fsp3) is 0.0385. The summed E-state index contributed by atoms with van der Waals surface area (Å²) in [7, 11) is 0. The van der Waals surface area contributed by atoms with Crippen molar-refractivity contribution in [3.8, 4) is 23.0 Å². The average molecular weight is 781 g/mol. The summed E-state index contributed by atoms with van der Waals surface area (Å²) in [6, 6.07) is 58.9. The lowest BCUT2D eigenvalue weighted by Gasteiger charge is -2.26. The zero-order valence-corrected chi connectivity index (χ0v) is 31.9. The normalized spacial score (nSPS) is 13.1. The molecule has 2 aromatic heterocycles. The van der Waals surface area contributed by atoms with Crippen LogP contribution in [0.2, 0.25) is 0 Å². The van der Waals surface area contributed by atoms with Gasteiger partial charge in [-0.3, -0.25) is 0 Å². The highest BCUT2D eigenvalue weighted by molar-refractivity contribution is 6.18. The lowest BCUT2D eigenvalue weighted by atomic mass is 10.0. The molecule has 286 valence electrons. The molecule has 2 aliphatic rings. The van der Waals surface area contributed by atoms with Gasteiger partial charge in [0.1, 0.15) is 22.3 Å². The van der Waals surface area contributed by atoms with Crippen molar-refractivity contribution >= 4 is 99.5 Å². The van der Waals surface area contributed by atoms with E-state index >= 15 is 0 Å². The Morgan fingerprint density at radius 2 is 0.667 bits per heavy atom. The van der Waals surface area contributed by atoms with Gasteiger partial charge in [-0.1, -0.05) is 48.5 Å². The summed E-state index contributed by atoms with van der Waals surface area (Å²) < 4.78 is 36.0. The lowest BCUT2D eigenvalue weighted by Crippen LogP contribution is -2.09. The number of nitrogens with zero attached hydrogens (tertiary/aromatic N) is 2. The average Bonchev–Trinajstić information content (AvgIpc) is 4.10.